The molecule has 1 atom stereocenters. The molecule has 1 unspecified atom stereocenters. The van der Waals surface area contributed by atoms with Crippen LogP contribution in [0.1, 0.15) is 18.9 Å². The first kappa shape index (κ1) is 25.4. The van der Waals surface area contributed by atoms with Crippen molar-refractivity contribution in [1.29, 1.82) is 0 Å². The molecular formula is C24H32N2O8. The number of ether oxygens (including phenoxy) is 4. The number of methoxy groups -OCH3 is 2. The SMILES string of the molecule is CCN(CC(O)COc1ccc(OCCO)c2c1CCC(=O)N2)Oc1ccc(OC)c(OC)c1. The van der Waals surface area contributed by atoms with Crippen molar-refractivity contribution in [2.45, 2.75) is 25.9 Å². The minimum atomic E-state index is -0.834. The van der Waals surface area contributed by atoms with E-state index in [0.717, 1.165) is 5.56 Å². The van der Waals surface area contributed by atoms with Crippen LogP contribution in [0.4, 0.5) is 5.69 Å². The van der Waals surface area contributed by atoms with E-state index in [1.165, 1.54) is 0 Å². The van der Waals surface area contributed by atoms with Gasteiger partial charge in [0, 0.05) is 24.6 Å². The Labute approximate surface area is 198 Å². The van der Waals surface area contributed by atoms with Crippen LogP contribution in [0.25, 0.3) is 0 Å². The number of anilines is 1. The van der Waals surface area contributed by atoms with Crippen molar-refractivity contribution in [3.8, 4) is 28.7 Å². The molecule has 34 heavy (non-hydrogen) atoms. The molecule has 1 aliphatic rings. The lowest BCUT2D eigenvalue weighted by Gasteiger charge is -2.26. The largest absolute Gasteiger partial charge is 0.493 e. The first-order valence-corrected chi connectivity index (χ1v) is 11.1. The Morgan fingerprint density at radius 3 is 2.47 bits per heavy atom. The molecule has 1 amide bonds. The molecule has 10 heteroatoms. The van der Waals surface area contributed by atoms with Gasteiger partial charge < -0.3 is 39.3 Å². The van der Waals surface area contributed by atoms with Crippen LogP contribution in [0.2, 0.25) is 0 Å². The summed E-state index contributed by atoms with van der Waals surface area (Å²) in [5.41, 5.74) is 1.35. The minimum absolute atomic E-state index is 0.0308. The van der Waals surface area contributed by atoms with E-state index in [1.807, 2.05) is 6.92 Å². The Hall–Kier alpha value is -3.21. The van der Waals surface area contributed by atoms with Gasteiger partial charge >= 0.3 is 0 Å². The molecule has 1 aliphatic heterocycles. The average Bonchev–Trinajstić information content (AvgIpc) is 2.85. The van der Waals surface area contributed by atoms with Crippen molar-refractivity contribution in [2.75, 3.05) is 52.4 Å². The second-order valence-corrected chi connectivity index (χ2v) is 7.59. The summed E-state index contributed by atoms with van der Waals surface area (Å²) >= 11 is 0. The van der Waals surface area contributed by atoms with Gasteiger partial charge in [0.2, 0.25) is 5.91 Å². The summed E-state index contributed by atoms with van der Waals surface area (Å²) in [6.45, 7) is 2.67. The highest BCUT2D eigenvalue weighted by molar-refractivity contribution is 5.96. The number of hydroxylamine groups is 2. The fourth-order valence-corrected chi connectivity index (χ4v) is 3.57. The lowest BCUT2D eigenvalue weighted by atomic mass is 10.0. The van der Waals surface area contributed by atoms with E-state index in [4.69, 9.17) is 28.9 Å². The van der Waals surface area contributed by atoms with Crippen molar-refractivity contribution in [3.63, 3.8) is 0 Å². The first-order chi connectivity index (χ1) is 16.5. The number of aliphatic hydroxyl groups excluding tert-OH is 2. The molecule has 0 fully saturated rings. The number of rotatable bonds is 13. The summed E-state index contributed by atoms with van der Waals surface area (Å²) in [7, 11) is 3.11. The molecule has 10 nitrogen and oxygen atoms in total. The monoisotopic (exact) mass is 476 g/mol. The molecule has 3 N–H and O–H groups in total. The van der Waals surface area contributed by atoms with Crippen molar-refractivity contribution in [3.05, 3.63) is 35.9 Å². The maximum atomic E-state index is 11.9. The third-order valence-electron chi connectivity index (χ3n) is 5.23. The van der Waals surface area contributed by atoms with Gasteiger partial charge in [-0.25, -0.2) is 0 Å². The smallest absolute Gasteiger partial charge is 0.224 e. The van der Waals surface area contributed by atoms with Crippen LogP contribution in [0, 0.1) is 0 Å². The number of aliphatic hydroxyl groups is 2. The predicted molar refractivity (Wildman–Crippen MR) is 125 cm³/mol. The Morgan fingerprint density at radius 2 is 1.76 bits per heavy atom. The van der Waals surface area contributed by atoms with Crippen LogP contribution in [0.3, 0.4) is 0 Å². The van der Waals surface area contributed by atoms with E-state index >= 15 is 0 Å². The van der Waals surface area contributed by atoms with Crippen molar-refractivity contribution >= 4 is 11.6 Å². The van der Waals surface area contributed by atoms with Crippen molar-refractivity contribution in [1.82, 2.24) is 5.06 Å². The quantitative estimate of drug-likeness (QED) is 0.373. The molecule has 0 saturated carbocycles. The minimum Gasteiger partial charge on any atom is -0.493 e. The van der Waals surface area contributed by atoms with Gasteiger partial charge in [0.1, 0.15) is 30.8 Å². The molecule has 0 saturated heterocycles. The number of carbonyl (C=O) groups excluding carboxylic acids is 1. The Morgan fingerprint density at radius 1 is 1.03 bits per heavy atom. The van der Waals surface area contributed by atoms with Crippen molar-refractivity contribution in [2.24, 2.45) is 0 Å². The molecule has 2 aromatic rings. The van der Waals surface area contributed by atoms with E-state index in [1.54, 1.807) is 49.6 Å². The summed E-state index contributed by atoms with van der Waals surface area (Å²) in [6.07, 6.45) is -0.0101. The molecule has 3 rings (SSSR count). The number of carbonyl (C=O) groups is 1. The van der Waals surface area contributed by atoms with E-state index in [9.17, 15) is 9.90 Å². The van der Waals surface area contributed by atoms with E-state index < -0.39 is 6.10 Å². The maximum absolute atomic E-state index is 11.9. The van der Waals surface area contributed by atoms with Crippen LogP contribution in [0.15, 0.2) is 30.3 Å². The van der Waals surface area contributed by atoms with Gasteiger partial charge in [0.05, 0.1) is 33.1 Å². The molecule has 0 spiro atoms. The summed E-state index contributed by atoms with van der Waals surface area (Å²) < 4.78 is 22.0. The summed E-state index contributed by atoms with van der Waals surface area (Å²) in [5.74, 6) is 2.63. The molecule has 1 heterocycles. The van der Waals surface area contributed by atoms with Gasteiger partial charge in [-0.3, -0.25) is 4.79 Å². The standard InChI is InChI=1S/C24H32N2O8/c1-4-26(34-17-5-7-20(30-2)22(13-17)31-3)14-16(28)15-33-19-8-9-21(32-12-11-27)24-18(19)6-10-23(29)25-24/h5,7-9,13,16,27-28H,4,6,10-12,14-15H2,1-3H3,(H,25,29). The first-order valence-electron chi connectivity index (χ1n) is 11.1. The van der Waals surface area contributed by atoms with Crippen LogP contribution >= 0.6 is 0 Å². The average molecular weight is 477 g/mol. The lowest BCUT2D eigenvalue weighted by molar-refractivity contribution is -0.116. The fraction of sp³-hybridized carbons (Fsp3) is 0.458. The van der Waals surface area contributed by atoms with Gasteiger partial charge in [-0.15, -0.1) is 5.06 Å². The summed E-state index contributed by atoms with van der Waals surface area (Å²) in [5, 5.41) is 24.0. The predicted octanol–water partition coefficient (Wildman–Crippen LogP) is 2.02. The summed E-state index contributed by atoms with van der Waals surface area (Å²) in [6, 6.07) is 8.64. The van der Waals surface area contributed by atoms with Crippen LogP contribution in [-0.2, 0) is 11.2 Å². The van der Waals surface area contributed by atoms with Gasteiger partial charge in [0.25, 0.3) is 0 Å². The molecule has 2 aromatic carbocycles. The molecule has 0 bridgehead atoms. The Balaban J connectivity index is 1.62. The third-order valence-corrected chi connectivity index (χ3v) is 5.23. The number of benzene rings is 2. The molecule has 0 aromatic heterocycles. The maximum Gasteiger partial charge on any atom is 0.224 e. The van der Waals surface area contributed by atoms with E-state index in [2.05, 4.69) is 5.32 Å². The molecule has 0 radical (unpaired) electrons. The molecular weight excluding hydrogens is 444 g/mol. The summed E-state index contributed by atoms with van der Waals surface area (Å²) in [4.78, 5) is 17.8. The number of nitrogens with zero attached hydrogens (tertiary/aromatic N) is 1. The zero-order chi connectivity index (χ0) is 24.5. The third kappa shape index (κ3) is 6.43. The highest BCUT2D eigenvalue weighted by Gasteiger charge is 2.23. The number of fused-ring (bicyclic) bond motifs is 1. The Bertz CT molecular complexity index is 968. The topological polar surface area (TPSA) is 119 Å². The highest BCUT2D eigenvalue weighted by Crippen LogP contribution is 2.39. The van der Waals surface area contributed by atoms with Crippen LogP contribution in [0.5, 0.6) is 28.7 Å². The molecule has 0 aliphatic carbocycles. The number of amides is 1. The second kappa shape index (κ2) is 12.3. The zero-order valence-corrected chi connectivity index (χ0v) is 19.7. The van der Waals surface area contributed by atoms with Gasteiger partial charge in [-0.05, 0) is 37.6 Å². The number of hydrogen-bond acceptors (Lipinski definition) is 9. The van der Waals surface area contributed by atoms with E-state index in [0.29, 0.717) is 53.8 Å². The van der Waals surface area contributed by atoms with Gasteiger partial charge in [0.15, 0.2) is 17.2 Å². The van der Waals surface area contributed by atoms with Crippen LogP contribution < -0.4 is 29.1 Å². The zero-order valence-electron chi connectivity index (χ0n) is 19.7. The normalized spacial score (nSPS) is 13.6. The van der Waals surface area contributed by atoms with Gasteiger partial charge in [-0.1, -0.05) is 0 Å². The van der Waals surface area contributed by atoms with E-state index in [-0.39, 0.29) is 32.3 Å². The Kier molecular flexibility index (Phi) is 9.20. The van der Waals surface area contributed by atoms with Crippen molar-refractivity contribution < 1.29 is 38.8 Å². The second-order valence-electron chi connectivity index (χ2n) is 7.59. The van der Waals surface area contributed by atoms with Gasteiger partial charge in [-0.2, -0.15) is 0 Å². The highest BCUT2D eigenvalue weighted by atomic mass is 16.7. The lowest BCUT2D eigenvalue weighted by Crippen LogP contribution is -2.37. The number of hydrogen-bond donors (Lipinski definition) is 3. The van der Waals surface area contributed by atoms with Crippen LogP contribution in [-0.4, -0.2) is 74.4 Å². The molecule has 186 valence electrons. The number of likely N-dealkylation sites (N-methyl/N-ethyl adjacent to an activating group) is 1. The number of nitrogens with one attached hydrogen (secondary N) is 1. The fourth-order valence-electron chi connectivity index (χ4n) is 3.57.